The maximum Gasteiger partial charge on any atom is 0.123 e. The summed E-state index contributed by atoms with van der Waals surface area (Å²) in [5.74, 6) is 1.81. The summed E-state index contributed by atoms with van der Waals surface area (Å²) in [7, 11) is 4.35. The maximum absolute atomic E-state index is 6.48. The lowest BCUT2D eigenvalue weighted by Gasteiger charge is -2.41. The van der Waals surface area contributed by atoms with E-state index >= 15 is 0 Å². The minimum absolute atomic E-state index is 0. The van der Waals surface area contributed by atoms with Crippen LogP contribution in [-0.4, -0.2) is 31.1 Å². The number of aryl methyl sites for hydroxylation is 1. The minimum Gasteiger partial charge on any atom is -0.486 e. The largest absolute Gasteiger partial charge is 0.486 e. The van der Waals surface area contributed by atoms with E-state index in [1.807, 2.05) is 0 Å². The monoisotopic (exact) mass is 295 g/mol. The Morgan fingerprint density at radius 2 is 2.10 bits per heavy atom. The van der Waals surface area contributed by atoms with E-state index in [4.69, 9.17) is 4.74 Å². The number of benzene rings is 1. The Balaban J connectivity index is 0.00000147. The second-order valence-corrected chi connectivity index (χ2v) is 6.66. The van der Waals surface area contributed by atoms with Crippen molar-refractivity contribution in [1.29, 1.82) is 0 Å². The maximum atomic E-state index is 6.48. The molecule has 1 spiro atoms. The van der Waals surface area contributed by atoms with Crippen molar-refractivity contribution >= 4 is 12.4 Å². The number of hydrogen-bond donors (Lipinski definition) is 0. The van der Waals surface area contributed by atoms with Crippen molar-refractivity contribution in [3.05, 3.63) is 29.3 Å². The molecule has 1 aliphatic carbocycles. The molecule has 3 rings (SSSR count). The summed E-state index contributed by atoms with van der Waals surface area (Å²) < 4.78 is 6.48. The fourth-order valence-electron chi connectivity index (χ4n) is 3.87. The van der Waals surface area contributed by atoms with Gasteiger partial charge in [0.05, 0.1) is 0 Å². The summed E-state index contributed by atoms with van der Waals surface area (Å²) in [5, 5.41) is 0. The third-order valence-corrected chi connectivity index (χ3v) is 4.75. The quantitative estimate of drug-likeness (QED) is 0.822. The van der Waals surface area contributed by atoms with Crippen LogP contribution in [0.15, 0.2) is 18.2 Å². The lowest BCUT2D eigenvalue weighted by Crippen LogP contribution is -2.48. The van der Waals surface area contributed by atoms with E-state index in [0.29, 0.717) is 5.92 Å². The normalized spacial score (nSPS) is 28.1. The van der Waals surface area contributed by atoms with Crippen LogP contribution in [0.1, 0.15) is 36.8 Å². The van der Waals surface area contributed by atoms with E-state index in [1.54, 1.807) is 0 Å². The molecule has 2 atom stereocenters. The van der Waals surface area contributed by atoms with Gasteiger partial charge in [-0.05, 0) is 51.9 Å². The van der Waals surface area contributed by atoms with Crippen molar-refractivity contribution in [1.82, 2.24) is 4.90 Å². The highest BCUT2D eigenvalue weighted by molar-refractivity contribution is 5.85. The number of fused-ring (bicyclic) bond motifs is 1. The number of ether oxygens (including phenoxy) is 1. The molecule has 0 aromatic heterocycles. The highest BCUT2D eigenvalue weighted by Crippen LogP contribution is 2.46. The third-order valence-electron chi connectivity index (χ3n) is 4.75. The Hall–Kier alpha value is -0.730. The van der Waals surface area contributed by atoms with Crippen molar-refractivity contribution in [3.8, 4) is 5.75 Å². The van der Waals surface area contributed by atoms with E-state index in [1.165, 1.54) is 36.8 Å². The summed E-state index contributed by atoms with van der Waals surface area (Å²) in [6, 6.07) is 6.65. The summed E-state index contributed by atoms with van der Waals surface area (Å²) in [6.45, 7) is 3.32. The van der Waals surface area contributed by atoms with Gasteiger partial charge in [0.15, 0.2) is 0 Å². The molecule has 0 radical (unpaired) electrons. The molecule has 3 heteroatoms. The van der Waals surface area contributed by atoms with Gasteiger partial charge in [0.1, 0.15) is 11.4 Å². The van der Waals surface area contributed by atoms with Crippen LogP contribution in [0.4, 0.5) is 0 Å². The van der Waals surface area contributed by atoms with Crippen LogP contribution in [0, 0.1) is 12.8 Å². The van der Waals surface area contributed by atoms with Gasteiger partial charge >= 0.3 is 0 Å². The number of rotatable bonds is 2. The Labute approximate surface area is 128 Å². The predicted molar refractivity (Wildman–Crippen MR) is 86.0 cm³/mol. The first-order valence-corrected chi connectivity index (χ1v) is 7.52. The molecule has 20 heavy (non-hydrogen) atoms. The molecule has 0 N–H and O–H groups in total. The Morgan fingerprint density at radius 1 is 1.30 bits per heavy atom. The molecule has 2 nitrogen and oxygen atoms in total. The zero-order valence-corrected chi connectivity index (χ0v) is 13.6. The van der Waals surface area contributed by atoms with Crippen molar-refractivity contribution in [3.63, 3.8) is 0 Å². The average Bonchev–Trinajstić information content (AvgIpc) is 2.70. The summed E-state index contributed by atoms with van der Waals surface area (Å²) in [4.78, 5) is 2.31. The van der Waals surface area contributed by atoms with Crippen LogP contribution >= 0.6 is 12.4 Å². The van der Waals surface area contributed by atoms with E-state index in [2.05, 4.69) is 44.1 Å². The first-order valence-electron chi connectivity index (χ1n) is 7.52. The van der Waals surface area contributed by atoms with Crippen LogP contribution in [0.3, 0.4) is 0 Å². The van der Waals surface area contributed by atoms with Gasteiger partial charge < -0.3 is 9.64 Å². The molecule has 0 amide bonds. The first kappa shape index (κ1) is 15.7. The van der Waals surface area contributed by atoms with Gasteiger partial charge in [0, 0.05) is 18.9 Å². The standard InChI is InChI=1S/C17H25NO.ClH/c1-13-7-8-16-14(10-13)11-17(19-16)9-5-4-6-15(17)12-18(2)3;/h7-8,10,15H,4-6,9,11-12H2,1-3H3;1H/t15-,17+;/m1./s1. The zero-order chi connectivity index (χ0) is 13.5. The minimum atomic E-state index is 0. The van der Waals surface area contributed by atoms with Gasteiger partial charge in [-0.1, -0.05) is 24.1 Å². The van der Waals surface area contributed by atoms with E-state index in [9.17, 15) is 0 Å². The van der Waals surface area contributed by atoms with Crippen LogP contribution in [0.25, 0.3) is 0 Å². The van der Waals surface area contributed by atoms with Crippen molar-refractivity contribution < 1.29 is 4.74 Å². The molecule has 1 aliphatic heterocycles. The van der Waals surface area contributed by atoms with Gasteiger partial charge in [-0.25, -0.2) is 0 Å². The molecule has 1 saturated carbocycles. The molecular weight excluding hydrogens is 270 g/mol. The summed E-state index contributed by atoms with van der Waals surface area (Å²) in [6.07, 6.45) is 6.32. The number of halogens is 1. The molecular formula is C17H26ClNO. The van der Waals surface area contributed by atoms with Crippen molar-refractivity contribution in [2.75, 3.05) is 20.6 Å². The van der Waals surface area contributed by atoms with E-state index < -0.39 is 0 Å². The Morgan fingerprint density at radius 3 is 2.85 bits per heavy atom. The predicted octanol–water partition coefficient (Wildman–Crippen LogP) is 3.84. The third kappa shape index (κ3) is 2.82. The van der Waals surface area contributed by atoms with Crippen molar-refractivity contribution in [2.24, 2.45) is 5.92 Å². The molecule has 0 bridgehead atoms. The Bertz CT molecular complexity index is 474. The Kier molecular flexibility index (Phi) is 4.66. The van der Waals surface area contributed by atoms with Gasteiger partial charge in [-0.3, -0.25) is 0 Å². The smallest absolute Gasteiger partial charge is 0.123 e. The molecule has 0 unspecified atom stereocenters. The topological polar surface area (TPSA) is 12.5 Å². The van der Waals surface area contributed by atoms with Gasteiger partial charge in [-0.2, -0.15) is 0 Å². The van der Waals surface area contributed by atoms with Crippen molar-refractivity contribution in [2.45, 2.75) is 44.6 Å². The molecule has 2 aliphatic rings. The lowest BCUT2D eigenvalue weighted by atomic mass is 9.73. The highest BCUT2D eigenvalue weighted by atomic mass is 35.5. The van der Waals surface area contributed by atoms with Crippen LogP contribution in [-0.2, 0) is 6.42 Å². The van der Waals surface area contributed by atoms with E-state index in [0.717, 1.165) is 18.7 Å². The first-order chi connectivity index (χ1) is 9.09. The van der Waals surface area contributed by atoms with Crippen LogP contribution in [0.5, 0.6) is 5.75 Å². The summed E-state index contributed by atoms with van der Waals surface area (Å²) in [5.41, 5.74) is 2.85. The molecule has 1 aromatic rings. The second-order valence-electron chi connectivity index (χ2n) is 6.66. The molecule has 1 aromatic carbocycles. The van der Waals surface area contributed by atoms with E-state index in [-0.39, 0.29) is 18.0 Å². The molecule has 1 heterocycles. The highest BCUT2D eigenvalue weighted by Gasteiger charge is 2.47. The van der Waals surface area contributed by atoms with Gasteiger partial charge in [0.2, 0.25) is 0 Å². The van der Waals surface area contributed by atoms with Gasteiger partial charge in [0.25, 0.3) is 0 Å². The fourth-order valence-corrected chi connectivity index (χ4v) is 3.87. The van der Waals surface area contributed by atoms with Crippen LogP contribution < -0.4 is 4.74 Å². The lowest BCUT2D eigenvalue weighted by molar-refractivity contribution is -0.0150. The zero-order valence-electron chi connectivity index (χ0n) is 12.8. The number of nitrogens with zero attached hydrogens (tertiary/aromatic N) is 1. The second kappa shape index (κ2) is 5.95. The van der Waals surface area contributed by atoms with Crippen LogP contribution in [0.2, 0.25) is 0 Å². The average molecular weight is 296 g/mol. The number of hydrogen-bond acceptors (Lipinski definition) is 2. The SMILES string of the molecule is Cc1ccc2c(c1)C[C@]1(CCCC[C@@H]1CN(C)C)O2.Cl. The van der Waals surface area contributed by atoms with Gasteiger partial charge in [-0.15, -0.1) is 12.4 Å². The molecule has 112 valence electrons. The molecule has 1 fully saturated rings. The summed E-state index contributed by atoms with van der Waals surface area (Å²) >= 11 is 0. The molecule has 0 saturated heterocycles. The fraction of sp³-hybridized carbons (Fsp3) is 0.647.